The van der Waals surface area contributed by atoms with Gasteiger partial charge in [-0.05, 0) is 37.5 Å². The van der Waals surface area contributed by atoms with E-state index in [4.69, 9.17) is 4.74 Å². The smallest absolute Gasteiger partial charge is 0.231 e. The second-order valence-corrected chi connectivity index (χ2v) is 6.07. The molecule has 19 heavy (non-hydrogen) atoms. The standard InChI is InChI=1S/C14H16BrNO3/c15-8-4-5-13-9(6-8)10(7-19-13)14(18)16-11-2-1-3-12(11)17/h4-6,10-12,17H,1-3,7H2,(H,16,18)/t10?,11-,12-/m1/s1. The number of nitrogens with one attached hydrogen (secondary N) is 1. The first-order chi connectivity index (χ1) is 9.15. The fourth-order valence-electron chi connectivity index (χ4n) is 2.80. The number of halogens is 1. The fraction of sp³-hybridized carbons (Fsp3) is 0.500. The van der Waals surface area contributed by atoms with Crippen molar-refractivity contribution in [3.05, 3.63) is 28.2 Å². The van der Waals surface area contributed by atoms with Gasteiger partial charge in [0.25, 0.3) is 0 Å². The Morgan fingerprint density at radius 2 is 2.26 bits per heavy atom. The van der Waals surface area contributed by atoms with E-state index in [1.807, 2.05) is 18.2 Å². The summed E-state index contributed by atoms with van der Waals surface area (Å²) < 4.78 is 6.47. The van der Waals surface area contributed by atoms with Gasteiger partial charge in [-0.15, -0.1) is 0 Å². The summed E-state index contributed by atoms with van der Waals surface area (Å²) in [6.07, 6.45) is 2.18. The van der Waals surface area contributed by atoms with Crippen molar-refractivity contribution in [2.75, 3.05) is 6.61 Å². The highest BCUT2D eigenvalue weighted by Crippen LogP contribution is 2.36. The van der Waals surface area contributed by atoms with Crippen LogP contribution in [0.2, 0.25) is 0 Å². The maximum atomic E-state index is 12.3. The summed E-state index contributed by atoms with van der Waals surface area (Å²) in [5.74, 6) is 0.443. The maximum absolute atomic E-state index is 12.3. The quantitative estimate of drug-likeness (QED) is 0.873. The van der Waals surface area contributed by atoms with Crippen LogP contribution in [-0.4, -0.2) is 29.8 Å². The number of hydrogen-bond donors (Lipinski definition) is 2. The van der Waals surface area contributed by atoms with Crippen molar-refractivity contribution in [2.45, 2.75) is 37.3 Å². The fourth-order valence-corrected chi connectivity index (χ4v) is 3.17. The molecule has 1 aliphatic heterocycles. The first-order valence-corrected chi connectivity index (χ1v) is 7.35. The van der Waals surface area contributed by atoms with Crippen LogP contribution < -0.4 is 10.1 Å². The number of amides is 1. The summed E-state index contributed by atoms with van der Waals surface area (Å²) in [6.45, 7) is 0.375. The number of benzene rings is 1. The van der Waals surface area contributed by atoms with E-state index in [9.17, 15) is 9.90 Å². The summed E-state index contributed by atoms with van der Waals surface area (Å²) >= 11 is 3.41. The predicted molar refractivity (Wildman–Crippen MR) is 74.2 cm³/mol. The first-order valence-electron chi connectivity index (χ1n) is 6.56. The maximum Gasteiger partial charge on any atom is 0.231 e. The molecule has 2 N–H and O–H groups in total. The van der Waals surface area contributed by atoms with Gasteiger partial charge >= 0.3 is 0 Å². The molecule has 0 spiro atoms. The molecule has 4 nitrogen and oxygen atoms in total. The molecular weight excluding hydrogens is 310 g/mol. The predicted octanol–water partition coefficient (Wildman–Crippen LogP) is 1.95. The van der Waals surface area contributed by atoms with E-state index in [1.54, 1.807) is 0 Å². The van der Waals surface area contributed by atoms with Crippen LogP contribution in [0.25, 0.3) is 0 Å². The van der Waals surface area contributed by atoms with Crippen molar-refractivity contribution in [2.24, 2.45) is 0 Å². The molecule has 1 amide bonds. The van der Waals surface area contributed by atoms with Crippen LogP contribution in [0.5, 0.6) is 5.75 Å². The van der Waals surface area contributed by atoms with E-state index < -0.39 is 6.10 Å². The third-order valence-corrected chi connectivity index (χ3v) is 4.37. The van der Waals surface area contributed by atoms with Gasteiger partial charge in [0.2, 0.25) is 5.91 Å². The highest BCUT2D eigenvalue weighted by molar-refractivity contribution is 9.10. The number of hydrogen-bond acceptors (Lipinski definition) is 3. The molecule has 0 aromatic heterocycles. The molecule has 102 valence electrons. The average molecular weight is 326 g/mol. The SMILES string of the molecule is O=C(N[C@@H]1CCC[C@H]1O)C1COc2ccc(Br)cc21. The van der Waals surface area contributed by atoms with Gasteiger partial charge in [0.15, 0.2) is 0 Å². The van der Waals surface area contributed by atoms with Crippen molar-refractivity contribution < 1.29 is 14.6 Å². The van der Waals surface area contributed by atoms with E-state index in [-0.39, 0.29) is 17.9 Å². The molecule has 1 fully saturated rings. The molecular formula is C14H16BrNO3. The molecule has 0 saturated heterocycles. The molecule has 3 rings (SSSR count). The summed E-state index contributed by atoms with van der Waals surface area (Å²) in [7, 11) is 0. The zero-order valence-electron chi connectivity index (χ0n) is 10.4. The minimum absolute atomic E-state index is 0.0530. The molecule has 5 heteroatoms. The molecule has 1 heterocycles. The lowest BCUT2D eigenvalue weighted by Crippen LogP contribution is -2.42. The van der Waals surface area contributed by atoms with Gasteiger partial charge in [-0.25, -0.2) is 0 Å². The first kappa shape index (κ1) is 12.9. The second-order valence-electron chi connectivity index (χ2n) is 5.16. The van der Waals surface area contributed by atoms with E-state index in [0.29, 0.717) is 6.61 Å². The second kappa shape index (κ2) is 5.13. The van der Waals surface area contributed by atoms with Gasteiger partial charge in [0.1, 0.15) is 18.3 Å². The summed E-state index contributed by atoms with van der Waals surface area (Å²) in [5.41, 5.74) is 0.916. The van der Waals surface area contributed by atoms with Crippen LogP contribution in [0, 0.1) is 0 Å². The van der Waals surface area contributed by atoms with Crippen LogP contribution in [0.1, 0.15) is 30.7 Å². The van der Waals surface area contributed by atoms with Gasteiger partial charge in [-0.1, -0.05) is 15.9 Å². The minimum Gasteiger partial charge on any atom is -0.492 e. The Kier molecular flexibility index (Phi) is 3.50. The summed E-state index contributed by atoms with van der Waals surface area (Å²) in [5, 5.41) is 12.7. The number of carbonyl (C=O) groups is 1. The van der Waals surface area contributed by atoms with Crippen molar-refractivity contribution in [1.82, 2.24) is 5.32 Å². The van der Waals surface area contributed by atoms with Crippen LogP contribution in [0.4, 0.5) is 0 Å². The molecule has 1 saturated carbocycles. The highest BCUT2D eigenvalue weighted by atomic mass is 79.9. The van der Waals surface area contributed by atoms with Crippen molar-refractivity contribution in [1.29, 1.82) is 0 Å². The summed E-state index contributed by atoms with van der Waals surface area (Å²) in [6, 6.07) is 5.60. The average Bonchev–Trinajstić information content (AvgIpc) is 2.96. The normalized spacial score (nSPS) is 28.8. The molecule has 1 aromatic rings. The lowest BCUT2D eigenvalue weighted by Gasteiger charge is -2.18. The Morgan fingerprint density at radius 3 is 3.00 bits per heavy atom. The zero-order valence-corrected chi connectivity index (χ0v) is 12.0. The van der Waals surface area contributed by atoms with Crippen molar-refractivity contribution in [3.63, 3.8) is 0 Å². The van der Waals surface area contributed by atoms with Crippen LogP contribution in [0.15, 0.2) is 22.7 Å². The van der Waals surface area contributed by atoms with Gasteiger partial charge in [-0.3, -0.25) is 4.79 Å². The Labute approximate surface area is 120 Å². The number of aliphatic hydroxyl groups is 1. The van der Waals surface area contributed by atoms with E-state index in [0.717, 1.165) is 35.0 Å². The molecule has 1 unspecified atom stereocenters. The molecule has 1 aromatic carbocycles. The van der Waals surface area contributed by atoms with Crippen LogP contribution >= 0.6 is 15.9 Å². The van der Waals surface area contributed by atoms with Gasteiger partial charge in [0.05, 0.1) is 12.1 Å². The van der Waals surface area contributed by atoms with Crippen molar-refractivity contribution in [3.8, 4) is 5.75 Å². The molecule has 1 aliphatic carbocycles. The highest BCUT2D eigenvalue weighted by Gasteiger charge is 2.34. The molecule has 0 radical (unpaired) electrons. The monoisotopic (exact) mass is 325 g/mol. The number of ether oxygens (including phenoxy) is 1. The number of rotatable bonds is 2. The number of carbonyl (C=O) groups excluding carboxylic acids is 1. The Balaban J connectivity index is 1.74. The van der Waals surface area contributed by atoms with Gasteiger partial charge in [0, 0.05) is 10.0 Å². The topological polar surface area (TPSA) is 58.6 Å². The zero-order chi connectivity index (χ0) is 13.4. The van der Waals surface area contributed by atoms with Crippen LogP contribution in [-0.2, 0) is 4.79 Å². The summed E-state index contributed by atoms with van der Waals surface area (Å²) in [4.78, 5) is 12.3. The third-order valence-electron chi connectivity index (χ3n) is 3.88. The Hall–Kier alpha value is -1.07. The van der Waals surface area contributed by atoms with E-state index >= 15 is 0 Å². The largest absolute Gasteiger partial charge is 0.492 e. The number of fused-ring (bicyclic) bond motifs is 1. The lowest BCUT2D eigenvalue weighted by molar-refractivity contribution is -0.124. The van der Waals surface area contributed by atoms with E-state index in [2.05, 4.69) is 21.2 Å². The Bertz CT molecular complexity index is 505. The van der Waals surface area contributed by atoms with E-state index in [1.165, 1.54) is 0 Å². The van der Waals surface area contributed by atoms with Crippen LogP contribution in [0.3, 0.4) is 0 Å². The van der Waals surface area contributed by atoms with Gasteiger partial charge < -0.3 is 15.2 Å². The Morgan fingerprint density at radius 1 is 1.42 bits per heavy atom. The lowest BCUT2D eigenvalue weighted by atomic mass is 10.00. The molecule has 0 bridgehead atoms. The minimum atomic E-state index is -0.409. The van der Waals surface area contributed by atoms with Crippen molar-refractivity contribution >= 4 is 21.8 Å². The molecule has 2 aliphatic rings. The molecule has 3 atom stereocenters. The van der Waals surface area contributed by atoms with Gasteiger partial charge in [-0.2, -0.15) is 0 Å². The third kappa shape index (κ3) is 2.49. The number of aliphatic hydroxyl groups excluding tert-OH is 1.